The smallest absolute Gasteiger partial charge is 0.338 e. The zero-order valence-electron chi connectivity index (χ0n) is 16.9. The number of carbonyl (C=O) groups excluding carboxylic acids is 3. The number of para-hydroxylation sites is 1. The highest BCUT2D eigenvalue weighted by Crippen LogP contribution is 2.20. The van der Waals surface area contributed by atoms with Crippen molar-refractivity contribution in [2.45, 2.75) is 20.0 Å². The fourth-order valence-corrected chi connectivity index (χ4v) is 2.81. The summed E-state index contributed by atoms with van der Waals surface area (Å²) in [5.41, 5.74) is 2.13. The first-order valence-electron chi connectivity index (χ1n) is 9.36. The molecular formula is C23H22N2O5. The van der Waals surface area contributed by atoms with E-state index in [2.05, 4.69) is 5.32 Å². The maximum atomic E-state index is 12.6. The Hall–Kier alpha value is -3.87. The van der Waals surface area contributed by atoms with Crippen LogP contribution in [0, 0.1) is 6.92 Å². The van der Waals surface area contributed by atoms with Crippen LogP contribution in [0.15, 0.2) is 71.3 Å². The third-order valence-electron chi connectivity index (χ3n) is 4.57. The van der Waals surface area contributed by atoms with E-state index in [9.17, 15) is 14.4 Å². The summed E-state index contributed by atoms with van der Waals surface area (Å²) in [4.78, 5) is 38.8. The molecular weight excluding hydrogens is 384 g/mol. The predicted octanol–water partition coefficient (Wildman–Crippen LogP) is 4.05. The number of benzene rings is 2. The molecule has 0 unspecified atom stereocenters. The van der Waals surface area contributed by atoms with Gasteiger partial charge in [-0.25, -0.2) is 4.79 Å². The van der Waals surface area contributed by atoms with E-state index in [1.807, 2.05) is 18.2 Å². The average molecular weight is 406 g/mol. The normalized spacial score (nSPS) is 11.4. The summed E-state index contributed by atoms with van der Waals surface area (Å²) in [6, 6.07) is 17.0. The van der Waals surface area contributed by atoms with E-state index in [-0.39, 0.29) is 17.2 Å². The summed E-state index contributed by atoms with van der Waals surface area (Å²) in [6.45, 7) is 3.32. The Morgan fingerprint density at radius 1 is 1.03 bits per heavy atom. The summed E-state index contributed by atoms with van der Waals surface area (Å²) < 4.78 is 10.4. The van der Waals surface area contributed by atoms with Gasteiger partial charge in [-0.15, -0.1) is 0 Å². The molecule has 0 aliphatic rings. The molecule has 30 heavy (non-hydrogen) atoms. The van der Waals surface area contributed by atoms with Gasteiger partial charge in [-0.05, 0) is 55.8 Å². The molecule has 3 rings (SSSR count). The van der Waals surface area contributed by atoms with E-state index in [1.165, 1.54) is 24.2 Å². The lowest BCUT2D eigenvalue weighted by atomic mass is 10.1. The van der Waals surface area contributed by atoms with Crippen molar-refractivity contribution in [3.8, 4) is 0 Å². The molecule has 1 atom stereocenters. The van der Waals surface area contributed by atoms with Gasteiger partial charge < -0.3 is 19.4 Å². The van der Waals surface area contributed by atoms with Gasteiger partial charge in [0.05, 0.1) is 11.8 Å². The van der Waals surface area contributed by atoms with Gasteiger partial charge >= 0.3 is 5.97 Å². The monoisotopic (exact) mass is 406 g/mol. The molecule has 3 aromatic rings. The van der Waals surface area contributed by atoms with Crippen LogP contribution in [0.2, 0.25) is 0 Å². The van der Waals surface area contributed by atoms with Crippen molar-refractivity contribution >= 4 is 29.2 Å². The van der Waals surface area contributed by atoms with E-state index < -0.39 is 18.0 Å². The number of amides is 2. The third kappa shape index (κ3) is 4.75. The van der Waals surface area contributed by atoms with Crippen LogP contribution in [0.1, 0.15) is 33.4 Å². The number of esters is 1. The van der Waals surface area contributed by atoms with E-state index in [4.69, 9.17) is 9.15 Å². The first-order valence-corrected chi connectivity index (χ1v) is 9.36. The molecule has 2 amide bonds. The number of anilines is 2. The summed E-state index contributed by atoms with van der Waals surface area (Å²) in [5.74, 6) is -1.29. The Labute approximate surface area is 174 Å². The van der Waals surface area contributed by atoms with Crippen LogP contribution >= 0.6 is 0 Å². The molecule has 0 saturated carbocycles. The number of furan rings is 1. The second-order valence-corrected chi connectivity index (χ2v) is 6.74. The second-order valence-electron chi connectivity index (χ2n) is 6.74. The number of ether oxygens (including phenoxy) is 1. The van der Waals surface area contributed by atoms with Crippen molar-refractivity contribution in [2.24, 2.45) is 0 Å². The lowest BCUT2D eigenvalue weighted by Gasteiger charge is -2.21. The molecule has 0 bridgehead atoms. The van der Waals surface area contributed by atoms with Gasteiger partial charge in [-0.2, -0.15) is 0 Å². The number of nitrogens with one attached hydrogen (secondary N) is 1. The second kappa shape index (κ2) is 9.09. The zero-order chi connectivity index (χ0) is 21.7. The van der Waals surface area contributed by atoms with Gasteiger partial charge in [0.15, 0.2) is 11.9 Å². The Bertz CT molecular complexity index is 1040. The molecule has 2 aromatic carbocycles. The Morgan fingerprint density at radius 3 is 2.43 bits per heavy atom. The summed E-state index contributed by atoms with van der Waals surface area (Å²) in [7, 11) is 1.62. The van der Waals surface area contributed by atoms with Gasteiger partial charge in [-0.3, -0.25) is 9.59 Å². The lowest BCUT2D eigenvalue weighted by Crippen LogP contribution is -2.37. The Balaban J connectivity index is 1.69. The highest BCUT2D eigenvalue weighted by molar-refractivity contribution is 6.04. The predicted molar refractivity (Wildman–Crippen MR) is 113 cm³/mol. The zero-order valence-corrected chi connectivity index (χ0v) is 16.9. The molecule has 1 N–H and O–H groups in total. The largest absolute Gasteiger partial charge is 0.459 e. The average Bonchev–Trinajstić information content (AvgIpc) is 3.29. The van der Waals surface area contributed by atoms with Gasteiger partial charge in [0, 0.05) is 18.4 Å². The van der Waals surface area contributed by atoms with Crippen molar-refractivity contribution in [1.82, 2.24) is 0 Å². The van der Waals surface area contributed by atoms with Crippen LogP contribution in [-0.4, -0.2) is 30.9 Å². The highest BCUT2D eigenvalue weighted by atomic mass is 16.5. The highest BCUT2D eigenvalue weighted by Gasteiger charge is 2.23. The van der Waals surface area contributed by atoms with Crippen LogP contribution in [0.4, 0.5) is 11.4 Å². The minimum absolute atomic E-state index is 0.158. The Kier molecular flexibility index (Phi) is 6.32. The first kappa shape index (κ1) is 20.9. The molecule has 7 heteroatoms. The quantitative estimate of drug-likeness (QED) is 0.624. The standard InChI is InChI=1S/C23H22N2O5/c1-15-11-12-17(14-19(15)24-21(26)20-10-7-13-29-20)23(28)30-16(2)22(27)25(3)18-8-5-4-6-9-18/h4-14,16H,1-3H3,(H,24,26)/t16-/m0/s1. The van der Waals surface area contributed by atoms with Crippen molar-refractivity contribution in [2.75, 3.05) is 17.3 Å². The number of nitrogens with zero attached hydrogens (tertiary/aromatic N) is 1. The first-order chi connectivity index (χ1) is 14.4. The number of hydrogen-bond donors (Lipinski definition) is 1. The minimum Gasteiger partial charge on any atom is -0.459 e. The number of hydrogen-bond acceptors (Lipinski definition) is 5. The fraction of sp³-hybridized carbons (Fsp3) is 0.174. The van der Waals surface area contributed by atoms with Gasteiger partial charge in [0.1, 0.15) is 0 Å². The molecule has 154 valence electrons. The van der Waals surface area contributed by atoms with E-state index in [1.54, 1.807) is 50.4 Å². The van der Waals surface area contributed by atoms with Crippen LogP contribution in [0.3, 0.4) is 0 Å². The van der Waals surface area contributed by atoms with E-state index in [0.717, 1.165) is 5.56 Å². The topological polar surface area (TPSA) is 88.9 Å². The van der Waals surface area contributed by atoms with Crippen molar-refractivity contribution in [1.29, 1.82) is 0 Å². The molecule has 1 heterocycles. The molecule has 0 aliphatic carbocycles. The molecule has 1 aromatic heterocycles. The molecule has 7 nitrogen and oxygen atoms in total. The van der Waals surface area contributed by atoms with E-state index >= 15 is 0 Å². The van der Waals surface area contributed by atoms with Crippen LogP contribution in [0.5, 0.6) is 0 Å². The number of aryl methyl sites for hydroxylation is 1. The fourth-order valence-electron chi connectivity index (χ4n) is 2.81. The summed E-state index contributed by atoms with van der Waals surface area (Å²) >= 11 is 0. The van der Waals surface area contributed by atoms with Crippen LogP contribution < -0.4 is 10.2 Å². The van der Waals surface area contributed by atoms with Crippen molar-refractivity contribution in [3.05, 3.63) is 83.8 Å². The minimum atomic E-state index is -0.981. The number of likely N-dealkylation sites (N-methyl/N-ethyl adjacent to an activating group) is 1. The van der Waals surface area contributed by atoms with Crippen LogP contribution in [-0.2, 0) is 9.53 Å². The molecule has 0 spiro atoms. The molecule has 0 radical (unpaired) electrons. The Morgan fingerprint density at radius 2 is 1.77 bits per heavy atom. The van der Waals surface area contributed by atoms with E-state index in [0.29, 0.717) is 11.4 Å². The maximum Gasteiger partial charge on any atom is 0.338 e. The molecule has 0 fully saturated rings. The maximum absolute atomic E-state index is 12.6. The van der Waals surface area contributed by atoms with Crippen molar-refractivity contribution < 1.29 is 23.5 Å². The number of rotatable bonds is 6. The van der Waals surface area contributed by atoms with Gasteiger partial charge in [-0.1, -0.05) is 24.3 Å². The summed E-state index contributed by atoms with van der Waals surface area (Å²) in [5, 5.41) is 2.71. The van der Waals surface area contributed by atoms with Gasteiger partial charge in [0.25, 0.3) is 11.8 Å². The SMILES string of the molecule is Cc1ccc(C(=O)O[C@@H](C)C(=O)N(C)c2ccccc2)cc1NC(=O)c1ccco1. The molecule has 0 aliphatic heterocycles. The van der Waals surface area contributed by atoms with Crippen LogP contribution in [0.25, 0.3) is 0 Å². The third-order valence-corrected chi connectivity index (χ3v) is 4.57. The number of carbonyl (C=O) groups is 3. The molecule has 0 saturated heterocycles. The summed E-state index contributed by atoms with van der Waals surface area (Å²) in [6.07, 6.45) is 0.422. The lowest BCUT2D eigenvalue weighted by molar-refractivity contribution is -0.126. The van der Waals surface area contributed by atoms with Gasteiger partial charge in [0.2, 0.25) is 0 Å². The van der Waals surface area contributed by atoms with Crippen molar-refractivity contribution in [3.63, 3.8) is 0 Å².